The third kappa shape index (κ3) is 3.53. The van der Waals surface area contributed by atoms with E-state index in [0.717, 1.165) is 18.4 Å². The minimum absolute atomic E-state index is 0.00711. The molecular formula is C14H17FN2O2. The van der Waals surface area contributed by atoms with Gasteiger partial charge in [-0.05, 0) is 37.5 Å². The average molecular weight is 264 g/mol. The Morgan fingerprint density at radius 2 is 2.11 bits per heavy atom. The number of hydrogen-bond acceptors (Lipinski definition) is 2. The smallest absolute Gasteiger partial charge is 0.257 e. The molecule has 1 N–H and O–H groups in total. The lowest BCUT2D eigenvalue weighted by Crippen LogP contribution is -2.39. The van der Waals surface area contributed by atoms with Gasteiger partial charge in [0.05, 0.1) is 12.1 Å². The first-order chi connectivity index (χ1) is 8.97. The van der Waals surface area contributed by atoms with E-state index in [1.807, 2.05) is 0 Å². The second-order valence-electron chi connectivity index (χ2n) is 4.99. The van der Waals surface area contributed by atoms with Gasteiger partial charge in [0.25, 0.3) is 5.91 Å². The molecule has 4 nitrogen and oxygen atoms in total. The van der Waals surface area contributed by atoms with Gasteiger partial charge in [-0.1, -0.05) is 6.07 Å². The molecule has 0 saturated heterocycles. The summed E-state index contributed by atoms with van der Waals surface area (Å²) >= 11 is 0. The van der Waals surface area contributed by atoms with Crippen molar-refractivity contribution in [1.82, 2.24) is 10.2 Å². The molecule has 1 fully saturated rings. The fourth-order valence-corrected chi connectivity index (χ4v) is 1.79. The van der Waals surface area contributed by atoms with Crippen LogP contribution in [0.25, 0.3) is 0 Å². The van der Waals surface area contributed by atoms with Gasteiger partial charge in [-0.15, -0.1) is 0 Å². The van der Waals surface area contributed by atoms with Crippen LogP contribution in [0.3, 0.4) is 0 Å². The van der Waals surface area contributed by atoms with Crippen LogP contribution in [0.2, 0.25) is 0 Å². The fraction of sp³-hybridized carbons (Fsp3) is 0.429. The molecule has 102 valence electrons. The Hall–Kier alpha value is -1.91. The molecule has 0 unspecified atom stereocenters. The Bertz CT molecular complexity index is 512. The minimum atomic E-state index is -0.556. The van der Waals surface area contributed by atoms with Gasteiger partial charge in [0.1, 0.15) is 5.82 Å². The average Bonchev–Trinajstić information content (AvgIpc) is 3.11. The van der Waals surface area contributed by atoms with Crippen molar-refractivity contribution in [2.45, 2.75) is 25.8 Å². The Kier molecular flexibility index (Phi) is 3.83. The molecule has 2 amide bonds. The summed E-state index contributed by atoms with van der Waals surface area (Å²) in [6, 6.07) is 4.69. The van der Waals surface area contributed by atoms with E-state index in [1.54, 1.807) is 13.0 Å². The minimum Gasteiger partial charge on any atom is -0.352 e. The van der Waals surface area contributed by atoms with Crippen molar-refractivity contribution in [2.75, 3.05) is 13.6 Å². The fourth-order valence-electron chi connectivity index (χ4n) is 1.79. The zero-order valence-electron chi connectivity index (χ0n) is 11.1. The predicted molar refractivity (Wildman–Crippen MR) is 69.3 cm³/mol. The van der Waals surface area contributed by atoms with E-state index in [2.05, 4.69) is 5.32 Å². The maximum Gasteiger partial charge on any atom is 0.257 e. The van der Waals surface area contributed by atoms with Gasteiger partial charge >= 0.3 is 0 Å². The third-order valence-corrected chi connectivity index (χ3v) is 3.02. The molecule has 0 aliphatic heterocycles. The van der Waals surface area contributed by atoms with Gasteiger partial charge in [0.2, 0.25) is 5.91 Å². The first kappa shape index (κ1) is 13.5. The topological polar surface area (TPSA) is 49.4 Å². The lowest BCUT2D eigenvalue weighted by atomic mass is 10.1. The van der Waals surface area contributed by atoms with Crippen LogP contribution in [0, 0.1) is 12.7 Å². The highest BCUT2D eigenvalue weighted by Crippen LogP contribution is 2.18. The number of likely N-dealkylation sites (N-methyl/N-ethyl adjacent to an activating group) is 1. The summed E-state index contributed by atoms with van der Waals surface area (Å²) in [5.74, 6) is -1.24. The zero-order chi connectivity index (χ0) is 14.0. The SMILES string of the molecule is Cc1ccc(C(=O)N(C)CC(=O)NC2CC2)c(F)c1. The Balaban J connectivity index is 1.99. The Morgan fingerprint density at radius 1 is 1.42 bits per heavy atom. The highest BCUT2D eigenvalue weighted by molar-refractivity contribution is 5.96. The third-order valence-electron chi connectivity index (χ3n) is 3.02. The summed E-state index contributed by atoms with van der Waals surface area (Å²) in [5.41, 5.74) is 0.746. The summed E-state index contributed by atoms with van der Waals surface area (Å²) in [4.78, 5) is 24.8. The number of hydrogen-bond donors (Lipinski definition) is 1. The van der Waals surface area contributed by atoms with Gasteiger partial charge < -0.3 is 10.2 Å². The van der Waals surface area contributed by atoms with Crippen molar-refractivity contribution in [3.8, 4) is 0 Å². The molecule has 1 aromatic carbocycles. The molecule has 1 saturated carbocycles. The molecule has 1 aliphatic carbocycles. The quantitative estimate of drug-likeness (QED) is 0.895. The van der Waals surface area contributed by atoms with Gasteiger partial charge in [0, 0.05) is 13.1 Å². The molecule has 0 atom stereocenters. The predicted octanol–water partition coefficient (Wildman–Crippen LogP) is 1.48. The van der Waals surface area contributed by atoms with Gasteiger partial charge in [-0.2, -0.15) is 0 Å². The Labute approximate surface area is 111 Å². The van der Waals surface area contributed by atoms with Gasteiger partial charge in [-0.3, -0.25) is 9.59 Å². The molecule has 1 aromatic rings. The number of carbonyl (C=O) groups is 2. The molecule has 0 spiro atoms. The van der Waals surface area contributed by atoms with Crippen molar-refractivity contribution in [1.29, 1.82) is 0 Å². The number of rotatable bonds is 4. The zero-order valence-corrected chi connectivity index (χ0v) is 11.1. The largest absolute Gasteiger partial charge is 0.352 e. The van der Waals surface area contributed by atoms with Crippen molar-refractivity contribution in [2.24, 2.45) is 0 Å². The maximum absolute atomic E-state index is 13.7. The van der Waals surface area contributed by atoms with Gasteiger partial charge in [0.15, 0.2) is 0 Å². The van der Waals surface area contributed by atoms with Crippen LogP contribution in [0.15, 0.2) is 18.2 Å². The normalized spacial score (nSPS) is 14.1. The number of nitrogens with one attached hydrogen (secondary N) is 1. The maximum atomic E-state index is 13.7. The van der Waals surface area contributed by atoms with Crippen LogP contribution in [-0.2, 0) is 4.79 Å². The number of amides is 2. The van der Waals surface area contributed by atoms with E-state index in [9.17, 15) is 14.0 Å². The van der Waals surface area contributed by atoms with Crippen molar-refractivity contribution < 1.29 is 14.0 Å². The standard InChI is InChI=1S/C14H17FN2O2/c1-9-3-6-11(12(15)7-9)14(19)17(2)8-13(18)16-10-4-5-10/h3,6-7,10H,4-5,8H2,1-2H3,(H,16,18). The summed E-state index contributed by atoms with van der Waals surface area (Å²) < 4.78 is 13.7. The van der Waals surface area contributed by atoms with E-state index in [4.69, 9.17) is 0 Å². The van der Waals surface area contributed by atoms with Gasteiger partial charge in [-0.25, -0.2) is 4.39 Å². The molecule has 0 aromatic heterocycles. The van der Waals surface area contributed by atoms with E-state index >= 15 is 0 Å². The lowest BCUT2D eigenvalue weighted by molar-refractivity contribution is -0.121. The van der Waals surface area contributed by atoms with Crippen molar-refractivity contribution in [3.05, 3.63) is 35.1 Å². The summed E-state index contributed by atoms with van der Waals surface area (Å²) in [7, 11) is 1.49. The van der Waals surface area contributed by atoms with E-state index in [0.29, 0.717) is 0 Å². The first-order valence-electron chi connectivity index (χ1n) is 6.28. The first-order valence-corrected chi connectivity index (χ1v) is 6.28. The summed E-state index contributed by atoms with van der Waals surface area (Å²) in [6.45, 7) is 1.70. The highest BCUT2D eigenvalue weighted by Gasteiger charge is 2.25. The second-order valence-corrected chi connectivity index (χ2v) is 4.99. The van der Waals surface area contributed by atoms with E-state index < -0.39 is 11.7 Å². The number of halogens is 1. The number of carbonyl (C=O) groups excluding carboxylic acids is 2. The van der Waals surface area contributed by atoms with Crippen LogP contribution < -0.4 is 5.32 Å². The van der Waals surface area contributed by atoms with Crippen LogP contribution in [0.5, 0.6) is 0 Å². The molecule has 2 rings (SSSR count). The summed E-state index contributed by atoms with van der Waals surface area (Å²) in [6.07, 6.45) is 1.99. The molecule has 1 aliphatic rings. The molecular weight excluding hydrogens is 247 g/mol. The Morgan fingerprint density at radius 3 is 2.68 bits per heavy atom. The molecule has 5 heteroatoms. The molecule has 0 bridgehead atoms. The lowest BCUT2D eigenvalue weighted by Gasteiger charge is -2.17. The number of aryl methyl sites for hydroxylation is 1. The van der Waals surface area contributed by atoms with Crippen molar-refractivity contribution in [3.63, 3.8) is 0 Å². The van der Waals surface area contributed by atoms with Crippen LogP contribution in [-0.4, -0.2) is 36.3 Å². The van der Waals surface area contributed by atoms with E-state index in [1.165, 1.54) is 24.1 Å². The van der Waals surface area contributed by atoms with Crippen LogP contribution >= 0.6 is 0 Å². The van der Waals surface area contributed by atoms with Crippen LogP contribution in [0.1, 0.15) is 28.8 Å². The number of nitrogens with zero attached hydrogens (tertiary/aromatic N) is 1. The van der Waals surface area contributed by atoms with Crippen molar-refractivity contribution >= 4 is 11.8 Å². The second kappa shape index (κ2) is 5.38. The molecule has 19 heavy (non-hydrogen) atoms. The highest BCUT2D eigenvalue weighted by atomic mass is 19.1. The molecule has 0 radical (unpaired) electrons. The van der Waals surface area contributed by atoms with Crippen LogP contribution in [0.4, 0.5) is 4.39 Å². The molecule has 0 heterocycles. The van der Waals surface area contributed by atoms with E-state index in [-0.39, 0.29) is 24.1 Å². The summed E-state index contributed by atoms with van der Waals surface area (Å²) in [5, 5.41) is 2.79. The number of benzene rings is 1. The monoisotopic (exact) mass is 264 g/mol.